The smallest absolute Gasteiger partial charge is 0.328 e. The summed E-state index contributed by atoms with van der Waals surface area (Å²) in [5.41, 5.74) is -2.27. The summed E-state index contributed by atoms with van der Waals surface area (Å²) in [7, 11) is 1.48. The Morgan fingerprint density at radius 1 is 1.23 bits per heavy atom. The van der Waals surface area contributed by atoms with Crippen molar-refractivity contribution in [3.8, 4) is 5.75 Å². The molecular formula is C15H16N2O5. The highest BCUT2D eigenvalue weighted by Gasteiger charge is 2.32. The molecule has 0 atom stereocenters. The van der Waals surface area contributed by atoms with Crippen molar-refractivity contribution in [3.05, 3.63) is 40.2 Å². The van der Waals surface area contributed by atoms with E-state index in [9.17, 15) is 19.5 Å². The van der Waals surface area contributed by atoms with Crippen LogP contribution in [0.4, 0.5) is 0 Å². The van der Waals surface area contributed by atoms with Crippen LogP contribution in [0.15, 0.2) is 29.1 Å². The number of carbonyl (C=O) groups is 2. The predicted molar refractivity (Wildman–Crippen MR) is 80.0 cm³/mol. The molecule has 0 aliphatic heterocycles. The van der Waals surface area contributed by atoms with Gasteiger partial charge in [-0.05, 0) is 26.0 Å². The van der Waals surface area contributed by atoms with Gasteiger partial charge in [0.15, 0.2) is 0 Å². The Labute approximate surface area is 125 Å². The molecule has 0 saturated heterocycles. The Morgan fingerprint density at radius 3 is 2.41 bits per heavy atom. The molecule has 1 aromatic carbocycles. The van der Waals surface area contributed by atoms with Gasteiger partial charge in [-0.15, -0.1) is 0 Å². The van der Waals surface area contributed by atoms with Crippen molar-refractivity contribution < 1.29 is 19.8 Å². The first-order chi connectivity index (χ1) is 10.2. The van der Waals surface area contributed by atoms with Gasteiger partial charge in [0.25, 0.3) is 11.5 Å². The number of aromatic nitrogens is 1. The first-order valence-corrected chi connectivity index (χ1v) is 6.53. The lowest BCUT2D eigenvalue weighted by molar-refractivity contribution is -0.143. The van der Waals surface area contributed by atoms with Gasteiger partial charge in [-0.25, -0.2) is 4.79 Å². The second-order valence-electron chi connectivity index (χ2n) is 5.49. The maximum absolute atomic E-state index is 12.3. The van der Waals surface area contributed by atoms with E-state index in [1.165, 1.54) is 25.5 Å². The number of fused-ring (bicyclic) bond motifs is 1. The quantitative estimate of drug-likeness (QED) is 0.778. The number of pyridine rings is 1. The highest BCUT2D eigenvalue weighted by Crippen LogP contribution is 2.25. The molecule has 7 heteroatoms. The number of hydrogen-bond acceptors (Lipinski definition) is 4. The maximum Gasteiger partial charge on any atom is 0.328 e. The number of aryl methyl sites for hydroxylation is 1. The van der Waals surface area contributed by atoms with Crippen molar-refractivity contribution in [3.63, 3.8) is 0 Å². The molecule has 1 heterocycles. The first kappa shape index (κ1) is 15.6. The van der Waals surface area contributed by atoms with Crippen molar-refractivity contribution in [1.82, 2.24) is 9.88 Å². The minimum atomic E-state index is -1.57. The molecule has 0 aliphatic rings. The zero-order chi connectivity index (χ0) is 16.7. The number of rotatable bonds is 3. The lowest BCUT2D eigenvalue weighted by Gasteiger charge is -2.21. The summed E-state index contributed by atoms with van der Waals surface area (Å²) in [6.45, 7) is 2.58. The number of carboxylic acids is 1. The fourth-order valence-corrected chi connectivity index (χ4v) is 2.08. The molecule has 116 valence electrons. The van der Waals surface area contributed by atoms with Crippen LogP contribution in [-0.4, -0.2) is 32.2 Å². The topological polar surface area (TPSA) is 109 Å². The van der Waals surface area contributed by atoms with Crippen LogP contribution in [-0.2, 0) is 11.8 Å². The van der Waals surface area contributed by atoms with Gasteiger partial charge in [0.2, 0.25) is 0 Å². The van der Waals surface area contributed by atoms with Gasteiger partial charge >= 0.3 is 5.97 Å². The number of nitrogens with one attached hydrogen (secondary N) is 1. The number of nitrogens with zero attached hydrogens (tertiary/aromatic N) is 1. The number of aliphatic carboxylic acids is 1. The van der Waals surface area contributed by atoms with Crippen molar-refractivity contribution in [2.24, 2.45) is 7.05 Å². The third-order valence-corrected chi connectivity index (χ3v) is 3.46. The largest absolute Gasteiger partial charge is 0.506 e. The summed E-state index contributed by atoms with van der Waals surface area (Å²) < 4.78 is 1.23. The van der Waals surface area contributed by atoms with Crippen LogP contribution in [0.2, 0.25) is 0 Å². The second kappa shape index (κ2) is 5.18. The van der Waals surface area contributed by atoms with E-state index in [1.54, 1.807) is 24.3 Å². The van der Waals surface area contributed by atoms with E-state index in [4.69, 9.17) is 5.11 Å². The minimum absolute atomic E-state index is 0.336. The summed E-state index contributed by atoms with van der Waals surface area (Å²) in [5.74, 6) is -2.65. The first-order valence-electron chi connectivity index (χ1n) is 6.53. The fourth-order valence-electron chi connectivity index (χ4n) is 2.08. The van der Waals surface area contributed by atoms with Crippen LogP contribution in [0, 0.1) is 0 Å². The fraction of sp³-hybridized carbons (Fsp3) is 0.267. The summed E-state index contributed by atoms with van der Waals surface area (Å²) >= 11 is 0. The molecule has 22 heavy (non-hydrogen) atoms. The Bertz CT molecular complexity index is 836. The zero-order valence-electron chi connectivity index (χ0n) is 12.4. The van der Waals surface area contributed by atoms with E-state index >= 15 is 0 Å². The van der Waals surface area contributed by atoms with Gasteiger partial charge in [0.05, 0.1) is 5.52 Å². The van der Waals surface area contributed by atoms with Crippen molar-refractivity contribution in [2.45, 2.75) is 19.4 Å². The van der Waals surface area contributed by atoms with E-state index in [2.05, 4.69) is 5.32 Å². The molecule has 3 N–H and O–H groups in total. The number of hydrogen-bond donors (Lipinski definition) is 3. The third kappa shape index (κ3) is 2.41. The molecule has 0 aliphatic carbocycles. The van der Waals surface area contributed by atoms with Crippen LogP contribution in [0.25, 0.3) is 10.9 Å². The molecule has 0 spiro atoms. The van der Waals surface area contributed by atoms with Crippen LogP contribution >= 0.6 is 0 Å². The molecule has 0 bridgehead atoms. The molecule has 0 fully saturated rings. The molecule has 2 aromatic rings. The summed E-state index contributed by atoms with van der Waals surface area (Å²) in [6, 6.07) is 6.58. The molecule has 1 aromatic heterocycles. The van der Waals surface area contributed by atoms with E-state index in [1.807, 2.05) is 0 Å². The Hall–Kier alpha value is -2.83. The number of aromatic hydroxyl groups is 1. The highest BCUT2D eigenvalue weighted by atomic mass is 16.4. The van der Waals surface area contributed by atoms with E-state index < -0.39 is 34.3 Å². The number of carbonyl (C=O) groups excluding carboxylic acids is 1. The lowest BCUT2D eigenvalue weighted by atomic mass is 10.0. The Kier molecular flexibility index (Phi) is 3.66. The zero-order valence-corrected chi connectivity index (χ0v) is 12.4. The number of benzene rings is 1. The molecule has 0 unspecified atom stereocenters. The molecule has 2 rings (SSSR count). The van der Waals surface area contributed by atoms with Gasteiger partial charge in [-0.1, -0.05) is 12.1 Å². The summed E-state index contributed by atoms with van der Waals surface area (Å²) in [4.78, 5) is 35.6. The standard InChI is InChI=1S/C15H16N2O5/c1-15(2,14(21)22)16-12(19)10-11(18)8-6-4-5-7-9(8)17(3)13(10)20/h4-7,18H,1-3H3,(H,16,19)(H,21,22). The lowest BCUT2D eigenvalue weighted by Crippen LogP contribution is -2.50. The average Bonchev–Trinajstić information content (AvgIpc) is 2.44. The van der Waals surface area contributed by atoms with Crippen LogP contribution < -0.4 is 10.9 Å². The monoisotopic (exact) mass is 304 g/mol. The maximum atomic E-state index is 12.3. The van der Waals surface area contributed by atoms with Gasteiger partial charge in [-0.3, -0.25) is 9.59 Å². The van der Waals surface area contributed by atoms with Gasteiger partial charge in [0, 0.05) is 12.4 Å². The van der Waals surface area contributed by atoms with Gasteiger partial charge in [0.1, 0.15) is 16.9 Å². The van der Waals surface area contributed by atoms with Crippen molar-refractivity contribution in [2.75, 3.05) is 0 Å². The van der Waals surface area contributed by atoms with Crippen LogP contribution in [0.5, 0.6) is 5.75 Å². The molecular weight excluding hydrogens is 288 g/mol. The van der Waals surface area contributed by atoms with Gasteiger partial charge < -0.3 is 20.1 Å². The third-order valence-electron chi connectivity index (χ3n) is 3.46. The SMILES string of the molecule is Cn1c(=O)c(C(=O)NC(C)(C)C(=O)O)c(O)c2ccccc21. The van der Waals surface area contributed by atoms with Crippen molar-refractivity contribution in [1.29, 1.82) is 0 Å². The molecule has 0 radical (unpaired) electrons. The Morgan fingerprint density at radius 2 is 1.82 bits per heavy atom. The predicted octanol–water partition coefficient (Wildman–Crippen LogP) is 0.837. The number of para-hydroxylation sites is 1. The van der Waals surface area contributed by atoms with Crippen LogP contribution in [0.1, 0.15) is 24.2 Å². The molecule has 7 nitrogen and oxygen atoms in total. The molecule has 0 saturated carbocycles. The van der Waals surface area contributed by atoms with E-state index in [0.29, 0.717) is 10.9 Å². The normalized spacial score (nSPS) is 11.4. The van der Waals surface area contributed by atoms with E-state index in [0.717, 1.165) is 0 Å². The second-order valence-corrected chi connectivity index (χ2v) is 5.49. The van der Waals surface area contributed by atoms with Crippen molar-refractivity contribution >= 4 is 22.8 Å². The summed E-state index contributed by atoms with van der Waals surface area (Å²) in [5, 5.41) is 21.9. The minimum Gasteiger partial charge on any atom is -0.506 e. The average molecular weight is 304 g/mol. The van der Waals surface area contributed by atoms with Gasteiger partial charge in [-0.2, -0.15) is 0 Å². The van der Waals surface area contributed by atoms with Crippen LogP contribution in [0.3, 0.4) is 0 Å². The number of carboxylic acid groups (broad SMARTS) is 1. The summed E-state index contributed by atoms with van der Waals surface area (Å²) in [6.07, 6.45) is 0. The Balaban J connectivity index is 2.64. The van der Waals surface area contributed by atoms with E-state index in [-0.39, 0.29) is 0 Å². The highest BCUT2D eigenvalue weighted by molar-refractivity contribution is 6.03. The molecule has 1 amide bonds. The number of amides is 1.